The normalized spacial score (nSPS) is 10.3. The number of nitrogens with one attached hydrogen (secondary N) is 2. The van der Waals surface area contributed by atoms with E-state index < -0.39 is 0 Å². The number of thiophene rings is 1. The Bertz CT molecular complexity index is 805. The number of benzene rings is 1. The van der Waals surface area contributed by atoms with Crippen molar-refractivity contribution in [2.45, 2.75) is 6.54 Å². The number of aromatic nitrogens is 1. The van der Waals surface area contributed by atoms with E-state index in [0.717, 1.165) is 16.0 Å². The van der Waals surface area contributed by atoms with Crippen molar-refractivity contribution in [3.05, 3.63) is 70.8 Å². The number of carbonyl (C=O) groups excluding carboxylic acids is 1. The maximum atomic E-state index is 11.9. The molecule has 0 saturated carbocycles. The number of carbonyl (C=O) groups is 1. The van der Waals surface area contributed by atoms with Gasteiger partial charge in [-0.1, -0.05) is 23.7 Å². The van der Waals surface area contributed by atoms with Crippen LogP contribution in [-0.2, 0) is 6.54 Å². The largest absolute Gasteiger partial charge is 0.334 e. The third kappa shape index (κ3) is 4.31. The van der Waals surface area contributed by atoms with Crippen LogP contribution in [0.15, 0.2) is 60.2 Å². The maximum Gasteiger partial charge on any atom is 0.319 e. The number of halogens is 1. The van der Waals surface area contributed by atoms with Crippen LogP contribution >= 0.6 is 22.9 Å². The van der Waals surface area contributed by atoms with Crippen molar-refractivity contribution in [3.8, 4) is 10.4 Å². The van der Waals surface area contributed by atoms with Gasteiger partial charge in [0.15, 0.2) is 0 Å². The summed E-state index contributed by atoms with van der Waals surface area (Å²) in [5.41, 5.74) is 2.65. The molecule has 0 aliphatic rings. The molecule has 2 heterocycles. The van der Waals surface area contributed by atoms with Crippen LogP contribution in [0.1, 0.15) is 5.56 Å². The van der Waals surface area contributed by atoms with Crippen molar-refractivity contribution in [3.63, 3.8) is 0 Å². The van der Waals surface area contributed by atoms with Crippen LogP contribution < -0.4 is 10.6 Å². The molecule has 0 unspecified atom stereocenters. The summed E-state index contributed by atoms with van der Waals surface area (Å²) in [5.74, 6) is 0. The van der Waals surface area contributed by atoms with Crippen molar-refractivity contribution in [1.82, 2.24) is 10.3 Å². The molecule has 0 aliphatic heterocycles. The lowest BCUT2D eigenvalue weighted by molar-refractivity contribution is 0.251. The lowest BCUT2D eigenvalue weighted by Gasteiger charge is -2.08. The van der Waals surface area contributed by atoms with Crippen molar-refractivity contribution in [1.29, 1.82) is 0 Å². The summed E-state index contributed by atoms with van der Waals surface area (Å²) < 4.78 is 0. The summed E-state index contributed by atoms with van der Waals surface area (Å²) in [7, 11) is 0. The van der Waals surface area contributed by atoms with Gasteiger partial charge in [0.25, 0.3) is 0 Å². The number of rotatable bonds is 4. The van der Waals surface area contributed by atoms with E-state index in [4.69, 9.17) is 11.6 Å². The summed E-state index contributed by atoms with van der Waals surface area (Å²) in [6, 6.07) is 12.8. The van der Waals surface area contributed by atoms with E-state index in [0.29, 0.717) is 17.3 Å². The highest BCUT2D eigenvalue weighted by Crippen LogP contribution is 2.24. The van der Waals surface area contributed by atoms with Gasteiger partial charge >= 0.3 is 6.03 Å². The number of anilines is 1. The van der Waals surface area contributed by atoms with E-state index in [9.17, 15) is 4.79 Å². The molecular weight excluding hydrogens is 330 g/mol. The first kappa shape index (κ1) is 15.5. The molecule has 2 aromatic heterocycles. The Kier molecular flexibility index (Phi) is 4.90. The van der Waals surface area contributed by atoms with Crippen molar-refractivity contribution in [2.75, 3.05) is 5.32 Å². The first-order valence-corrected chi connectivity index (χ1v) is 8.25. The van der Waals surface area contributed by atoms with Crippen LogP contribution in [0, 0.1) is 0 Å². The average molecular weight is 344 g/mol. The minimum absolute atomic E-state index is 0.284. The molecule has 3 rings (SSSR count). The van der Waals surface area contributed by atoms with Gasteiger partial charge in [-0.3, -0.25) is 4.98 Å². The topological polar surface area (TPSA) is 54.0 Å². The van der Waals surface area contributed by atoms with Crippen LogP contribution in [0.4, 0.5) is 10.5 Å². The summed E-state index contributed by atoms with van der Waals surface area (Å²) >= 11 is 7.55. The van der Waals surface area contributed by atoms with Gasteiger partial charge in [0.05, 0.1) is 0 Å². The quantitative estimate of drug-likeness (QED) is 0.716. The molecule has 0 atom stereocenters. The zero-order valence-corrected chi connectivity index (χ0v) is 13.7. The Morgan fingerprint density at radius 1 is 1.17 bits per heavy atom. The summed E-state index contributed by atoms with van der Waals surface area (Å²) in [4.78, 5) is 17.3. The number of urea groups is 1. The Balaban J connectivity index is 1.60. The van der Waals surface area contributed by atoms with Gasteiger partial charge in [0.1, 0.15) is 0 Å². The molecule has 6 heteroatoms. The molecular formula is C17H14ClN3OS. The van der Waals surface area contributed by atoms with Crippen LogP contribution in [0.5, 0.6) is 0 Å². The number of hydrogen-bond acceptors (Lipinski definition) is 3. The zero-order chi connectivity index (χ0) is 16.1. The molecule has 0 bridgehead atoms. The predicted octanol–water partition coefficient (Wildman–Crippen LogP) is 4.79. The zero-order valence-electron chi connectivity index (χ0n) is 12.1. The van der Waals surface area contributed by atoms with Gasteiger partial charge in [-0.15, -0.1) is 11.3 Å². The second-order valence-electron chi connectivity index (χ2n) is 4.88. The van der Waals surface area contributed by atoms with Gasteiger partial charge in [-0.25, -0.2) is 4.79 Å². The molecule has 0 fully saturated rings. The van der Waals surface area contributed by atoms with Gasteiger partial charge in [-0.2, -0.15) is 0 Å². The van der Waals surface area contributed by atoms with E-state index in [1.54, 1.807) is 41.8 Å². The van der Waals surface area contributed by atoms with Crippen molar-refractivity contribution < 1.29 is 4.79 Å². The minimum atomic E-state index is -0.284. The minimum Gasteiger partial charge on any atom is -0.334 e. The molecule has 0 aliphatic carbocycles. The summed E-state index contributed by atoms with van der Waals surface area (Å²) in [6.07, 6.45) is 3.57. The number of nitrogens with zero attached hydrogens (tertiary/aromatic N) is 1. The third-order valence-corrected chi connectivity index (χ3v) is 4.29. The number of hydrogen-bond donors (Lipinski definition) is 2. The Hall–Kier alpha value is -2.37. The summed E-state index contributed by atoms with van der Waals surface area (Å²) in [6.45, 7) is 0.401. The average Bonchev–Trinajstić information content (AvgIpc) is 3.08. The highest BCUT2D eigenvalue weighted by Gasteiger charge is 2.04. The second-order valence-corrected chi connectivity index (χ2v) is 6.26. The molecule has 0 spiro atoms. The maximum absolute atomic E-state index is 11.9. The highest BCUT2D eigenvalue weighted by atomic mass is 35.5. The molecule has 4 nitrogen and oxygen atoms in total. The molecule has 116 valence electrons. The van der Waals surface area contributed by atoms with Crippen LogP contribution in [0.25, 0.3) is 10.4 Å². The molecule has 2 amide bonds. The Labute approximate surface area is 143 Å². The van der Waals surface area contributed by atoms with E-state index >= 15 is 0 Å². The lowest BCUT2D eigenvalue weighted by Crippen LogP contribution is -2.28. The van der Waals surface area contributed by atoms with Gasteiger partial charge in [-0.05, 0) is 41.3 Å². The molecule has 0 radical (unpaired) electrons. The van der Waals surface area contributed by atoms with Crippen molar-refractivity contribution >= 4 is 34.7 Å². The van der Waals surface area contributed by atoms with E-state index in [2.05, 4.69) is 15.6 Å². The standard InChI is InChI=1S/C17H14ClN3OS/c18-14-3-1-4-15(8-14)21-17(22)20-10-12-7-13(11-19-9-12)16-5-2-6-23-16/h1-9,11H,10H2,(H2,20,21,22). The van der Waals surface area contributed by atoms with Crippen LogP contribution in [-0.4, -0.2) is 11.0 Å². The third-order valence-electron chi connectivity index (χ3n) is 3.14. The SMILES string of the molecule is O=C(NCc1cncc(-c2cccs2)c1)Nc1cccc(Cl)c1. The summed E-state index contributed by atoms with van der Waals surface area (Å²) in [5, 5.41) is 8.16. The Morgan fingerprint density at radius 2 is 2.09 bits per heavy atom. The first-order chi connectivity index (χ1) is 11.2. The van der Waals surface area contributed by atoms with Gasteiger partial charge in [0.2, 0.25) is 0 Å². The van der Waals surface area contributed by atoms with Crippen LogP contribution in [0.3, 0.4) is 0 Å². The lowest BCUT2D eigenvalue weighted by atomic mass is 10.2. The molecule has 2 N–H and O–H groups in total. The molecule has 23 heavy (non-hydrogen) atoms. The van der Waals surface area contributed by atoms with Crippen LogP contribution in [0.2, 0.25) is 5.02 Å². The van der Waals surface area contributed by atoms with E-state index in [-0.39, 0.29) is 6.03 Å². The molecule has 1 aromatic carbocycles. The smallest absolute Gasteiger partial charge is 0.319 e. The van der Waals surface area contributed by atoms with E-state index in [1.807, 2.05) is 29.8 Å². The fourth-order valence-corrected chi connectivity index (χ4v) is 2.98. The van der Waals surface area contributed by atoms with Crippen molar-refractivity contribution in [2.24, 2.45) is 0 Å². The number of pyridine rings is 1. The fraction of sp³-hybridized carbons (Fsp3) is 0.0588. The monoisotopic (exact) mass is 343 g/mol. The number of amides is 2. The molecule has 0 saturated heterocycles. The second kappa shape index (κ2) is 7.26. The fourth-order valence-electron chi connectivity index (χ4n) is 2.09. The van der Waals surface area contributed by atoms with Gasteiger partial charge in [0, 0.05) is 40.1 Å². The molecule has 3 aromatic rings. The van der Waals surface area contributed by atoms with E-state index in [1.165, 1.54) is 0 Å². The highest BCUT2D eigenvalue weighted by molar-refractivity contribution is 7.13. The van der Waals surface area contributed by atoms with Gasteiger partial charge < -0.3 is 10.6 Å². The predicted molar refractivity (Wildman–Crippen MR) is 94.9 cm³/mol. The Morgan fingerprint density at radius 3 is 2.87 bits per heavy atom. The first-order valence-electron chi connectivity index (χ1n) is 6.99.